The zero-order chi connectivity index (χ0) is 18.1. The highest BCUT2D eigenvalue weighted by molar-refractivity contribution is 5.66. The van der Waals surface area contributed by atoms with Crippen molar-refractivity contribution in [2.24, 2.45) is 0 Å². The fraction of sp³-hybridized carbons (Fsp3) is 0.250. The number of rotatable bonds is 3. The molecule has 3 N–H and O–H groups in total. The number of nitrogens with one attached hydrogen (secondary N) is 3. The predicted molar refractivity (Wildman–Crippen MR) is 87.5 cm³/mol. The Morgan fingerprint density at radius 1 is 1.12 bits per heavy atom. The smallest absolute Gasteiger partial charge is 0.311 e. The molecule has 0 amide bonds. The van der Waals surface area contributed by atoms with Gasteiger partial charge in [-0.05, 0) is 19.0 Å². The number of alkyl halides is 3. The first-order valence-corrected chi connectivity index (χ1v) is 7.92. The van der Waals surface area contributed by atoms with Crippen molar-refractivity contribution in [3.8, 4) is 11.4 Å². The van der Waals surface area contributed by atoms with E-state index < -0.39 is 11.7 Å². The SMILES string of the molecule is FC(F)(F)c1ccccc1-c1nc2c(c(Nc3ncn[nH]3)n1)CCNC2. The van der Waals surface area contributed by atoms with Crippen LogP contribution >= 0.6 is 0 Å². The van der Waals surface area contributed by atoms with Crippen molar-refractivity contribution in [1.29, 1.82) is 0 Å². The number of aromatic nitrogens is 5. The van der Waals surface area contributed by atoms with Gasteiger partial charge in [-0.3, -0.25) is 0 Å². The molecule has 0 radical (unpaired) electrons. The lowest BCUT2D eigenvalue weighted by molar-refractivity contribution is -0.137. The number of hydrogen-bond donors (Lipinski definition) is 3. The second kappa shape index (κ2) is 6.37. The largest absolute Gasteiger partial charge is 0.417 e. The third kappa shape index (κ3) is 3.10. The van der Waals surface area contributed by atoms with E-state index in [1.807, 2.05) is 0 Å². The molecule has 3 heterocycles. The van der Waals surface area contributed by atoms with Gasteiger partial charge in [-0.2, -0.15) is 23.3 Å². The van der Waals surface area contributed by atoms with Gasteiger partial charge in [-0.1, -0.05) is 18.2 Å². The monoisotopic (exact) mass is 361 g/mol. The first kappa shape index (κ1) is 16.5. The third-order valence-corrected chi connectivity index (χ3v) is 4.06. The molecule has 1 aliphatic rings. The topological polar surface area (TPSA) is 91.4 Å². The maximum atomic E-state index is 13.4. The van der Waals surface area contributed by atoms with Crippen molar-refractivity contribution in [2.45, 2.75) is 19.1 Å². The van der Waals surface area contributed by atoms with Crippen LogP contribution in [0.2, 0.25) is 0 Å². The highest BCUT2D eigenvalue weighted by atomic mass is 19.4. The molecule has 0 spiro atoms. The molecule has 134 valence electrons. The summed E-state index contributed by atoms with van der Waals surface area (Å²) in [6, 6.07) is 5.29. The Morgan fingerprint density at radius 3 is 2.73 bits per heavy atom. The van der Waals surface area contributed by atoms with Gasteiger partial charge < -0.3 is 10.6 Å². The van der Waals surface area contributed by atoms with Crippen LogP contribution in [0.5, 0.6) is 0 Å². The summed E-state index contributed by atoms with van der Waals surface area (Å²) >= 11 is 0. The molecular weight excluding hydrogens is 347 g/mol. The summed E-state index contributed by atoms with van der Waals surface area (Å²) in [5.74, 6) is 0.808. The molecule has 0 aliphatic carbocycles. The van der Waals surface area contributed by atoms with Gasteiger partial charge in [0, 0.05) is 17.7 Å². The number of anilines is 2. The van der Waals surface area contributed by atoms with E-state index in [2.05, 4.69) is 35.8 Å². The van der Waals surface area contributed by atoms with Gasteiger partial charge in [-0.15, -0.1) is 0 Å². The lowest BCUT2D eigenvalue weighted by Crippen LogP contribution is -2.26. The minimum atomic E-state index is -4.49. The second-order valence-electron chi connectivity index (χ2n) is 5.75. The van der Waals surface area contributed by atoms with E-state index >= 15 is 0 Å². The van der Waals surface area contributed by atoms with Crippen molar-refractivity contribution >= 4 is 11.8 Å². The zero-order valence-electron chi connectivity index (χ0n) is 13.4. The van der Waals surface area contributed by atoms with Crippen LogP contribution in [0.25, 0.3) is 11.4 Å². The highest BCUT2D eigenvalue weighted by Gasteiger charge is 2.34. The predicted octanol–water partition coefficient (Wildman–Crippen LogP) is 2.67. The average molecular weight is 361 g/mol. The molecule has 0 atom stereocenters. The summed E-state index contributed by atoms with van der Waals surface area (Å²) in [5, 5.41) is 12.6. The Bertz CT molecular complexity index is 922. The molecule has 2 aromatic heterocycles. The second-order valence-corrected chi connectivity index (χ2v) is 5.75. The summed E-state index contributed by atoms with van der Waals surface area (Å²) < 4.78 is 40.1. The van der Waals surface area contributed by atoms with Crippen molar-refractivity contribution in [3.05, 3.63) is 47.4 Å². The van der Waals surface area contributed by atoms with E-state index in [1.165, 1.54) is 24.5 Å². The minimum absolute atomic E-state index is 0.0161. The van der Waals surface area contributed by atoms with Crippen LogP contribution in [0.4, 0.5) is 24.9 Å². The summed E-state index contributed by atoms with van der Waals surface area (Å²) in [5.41, 5.74) is 0.692. The van der Waals surface area contributed by atoms with Crippen molar-refractivity contribution < 1.29 is 13.2 Å². The van der Waals surface area contributed by atoms with Gasteiger partial charge >= 0.3 is 6.18 Å². The lowest BCUT2D eigenvalue weighted by Gasteiger charge is -2.21. The Hall–Kier alpha value is -3.01. The number of aromatic amines is 1. The molecule has 0 unspecified atom stereocenters. The van der Waals surface area contributed by atoms with Crippen molar-refractivity contribution in [3.63, 3.8) is 0 Å². The standard InChI is InChI=1S/C16H14F3N7/c17-16(18,19)11-4-2-1-3-9(11)13-23-12-7-20-6-5-10(12)14(24-13)25-15-21-8-22-26-15/h1-4,8,20H,5-7H2,(H2,21,22,23,24,25,26). The van der Waals surface area contributed by atoms with E-state index in [0.717, 1.165) is 18.2 Å². The van der Waals surface area contributed by atoms with Crippen molar-refractivity contribution in [2.75, 3.05) is 11.9 Å². The van der Waals surface area contributed by atoms with Crippen LogP contribution < -0.4 is 10.6 Å². The van der Waals surface area contributed by atoms with Crippen molar-refractivity contribution in [1.82, 2.24) is 30.5 Å². The van der Waals surface area contributed by atoms with E-state index in [0.29, 0.717) is 30.4 Å². The van der Waals surface area contributed by atoms with Crippen LogP contribution in [0.1, 0.15) is 16.8 Å². The Morgan fingerprint density at radius 2 is 1.96 bits per heavy atom. The molecule has 0 saturated heterocycles. The summed E-state index contributed by atoms with van der Waals surface area (Å²) in [4.78, 5) is 12.7. The first-order valence-electron chi connectivity index (χ1n) is 7.92. The highest BCUT2D eigenvalue weighted by Crippen LogP contribution is 2.37. The molecule has 0 fully saturated rings. The number of hydrogen-bond acceptors (Lipinski definition) is 6. The maximum absolute atomic E-state index is 13.4. The van der Waals surface area contributed by atoms with Gasteiger partial charge in [0.05, 0.1) is 11.3 Å². The fourth-order valence-corrected chi connectivity index (χ4v) is 2.89. The van der Waals surface area contributed by atoms with Gasteiger partial charge in [0.2, 0.25) is 5.95 Å². The number of H-pyrrole nitrogens is 1. The Kier molecular flexibility index (Phi) is 4.03. The third-order valence-electron chi connectivity index (χ3n) is 4.06. The number of benzene rings is 1. The van der Waals surface area contributed by atoms with Crippen LogP contribution in [0, 0.1) is 0 Å². The first-order chi connectivity index (χ1) is 12.5. The zero-order valence-corrected chi connectivity index (χ0v) is 13.4. The maximum Gasteiger partial charge on any atom is 0.417 e. The normalized spacial score (nSPS) is 14.1. The van der Waals surface area contributed by atoms with E-state index in [9.17, 15) is 13.2 Å². The van der Waals surface area contributed by atoms with Gasteiger partial charge in [0.25, 0.3) is 0 Å². The fourth-order valence-electron chi connectivity index (χ4n) is 2.89. The molecule has 26 heavy (non-hydrogen) atoms. The average Bonchev–Trinajstić information content (AvgIpc) is 3.14. The van der Waals surface area contributed by atoms with Gasteiger partial charge in [0.15, 0.2) is 5.82 Å². The molecule has 3 aromatic rings. The molecule has 4 rings (SSSR count). The van der Waals surface area contributed by atoms with E-state index in [4.69, 9.17) is 0 Å². The quantitative estimate of drug-likeness (QED) is 0.664. The molecule has 7 nitrogen and oxygen atoms in total. The van der Waals surface area contributed by atoms with Crippen LogP contribution in [0.15, 0.2) is 30.6 Å². The van der Waals surface area contributed by atoms with Gasteiger partial charge in [0.1, 0.15) is 12.1 Å². The molecule has 0 bridgehead atoms. The number of nitrogens with zero attached hydrogens (tertiary/aromatic N) is 4. The minimum Gasteiger partial charge on any atom is -0.311 e. The molecule has 1 aromatic carbocycles. The molecule has 10 heteroatoms. The lowest BCUT2D eigenvalue weighted by atomic mass is 10.0. The number of halogens is 3. The van der Waals surface area contributed by atoms with Crippen LogP contribution in [-0.4, -0.2) is 31.7 Å². The summed E-state index contributed by atoms with van der Waals surface area (Å²) in [6.07, 6.45) is -2.50. The number of fused-ring (bicyclic) bond motifs is 1. The summed E-state index contributed by atoms with van der Waals surface area (Å²) in [6.45, 7) is 1.20. The molecule has 1 aliphatic heterocycles. The Labute approximate surface area is 146 Å². The van der Waals surface area contributed by atoms with Crippen LogP contribution in [0.3, 0.4) is 0 Å². The molecule has 0 saturated carbocycles. The van der Waals surface area contributed by atoms with Gasteiger partial charge in [-0.25, -0.2) is 15.1 Å². The van der Waals surface area contributed by atoms with E-state index in [1.54, 1.807) is 0 Å². The van der Waals surface area contributed by atoms with E-state index in [-0.39, 0.29) is 11.4 Å². The summed E-state index contributed by atoms with van der Waals surface area (Å²) in [7, 11) is 0. The Balaban J connectivity index is 1.86. The van der Waals surface area contributed by atoms with Crippen LogP contribution in [-0.2, 0) is 19.1 Å². The molecular formula is C16H14F3N7.